The van der Waals surface area contributed by atoms with Gasteiger partial charge in [0.25, 0.3) is 0 Å². The van der Waals surface area contributed by atoms with E-state index >= 15 is 0 Å². The van der Waals surface area contributed by atoms with Gasteiger partial charge < -0.3 is 30.6 Å². The van der Waals surface area contributed by atoms with Crippen LogP contribution in [0.1, 0.15) is 78.6 Å². The summed E-state index contributed by atoms with van der Waals surface area (Å²) in [6.45, 7) is 6.39. The van der Waals surface area contributed by atoms with Gasteiger partial charge in [-0.2, -0.15) is 0 Å². The van der Waals surface area contributed by atoms with E-state index in [1.54, 1.807) is 0 Å². The van der Waals surface area contributed by atoms with E-state index in [1.165, 1.54) is 0 Å². The van der Waals surface area contributed by atoms with Crippen molar-refractivity contribution in [3.63, 3.8) is 0 Å². The topological polar surface area (TPSA) is 121 Å². The Kier molecular flexibility index (Phi) is 7.57. The smallest absolute Gasteiger partial charge is 0.0612 e. The van der Waals surface area contributed by atoms with Crippen LogP contribution in [0.15, 0.2) is 0 Å². The van der Waals surface area contributed by atoms with Crippen LogP contribution in [0, 0.1) is 52.3 Å². The fraction of sp³-hybridized carbons (Fsp3) is 1.00. The minimum absolute atomic E-state index is 0.0862. The van der Waals surface area contributed by atoms with Crippen LogP contribution >= 0.6 is 0 Å². The molecule has 0 aliphatic heterocycles. The molecular formula is C27H48O6. The summed E-state index contributed by atoms with van der Waals surface area (Å²) in [7, 11) is 0. The zero-order chi connectivity index (χ0) is 24.1. The van der Waals surface area contributed by atoms with E-state index in [9.17, 15) is 30.6 Å². The maximum Gasteiger partial charge on any atom is 0.0612 e. The third-order valence-corrected chi connectivity index (χ3v) is 11.5. The molecule has 0 amide bonds. The summed E-state index contributed by atoms with van der Waals surface area (Å²) in [5.74, 6) is 1.29. The number of rotatable bonds is 7. The largest absolute Gasteiger partial charge is 0.396 e. The van der Waals surface area contributed by atoms with Gasteiger partial charge in [0.15, 0.2) is 0 Å². The first kappa shape index (κ1) is 25.8. The summed E-state index contributed by atoms with van der Waals surface area (Å²) in [6.07, 6.45) is 5.77. The van der Waals surface area contributed by atoms with Gasteiger partial charge in [-0.05, 0) is 104 Å². The molecule has 192 valence electrons. The first-order valence-electron chi connectivity index (χ1n) is 13.5. The Bertz CT molecular complexity index is 669. The first-order chi connectivity index (χ1) is 15.6. The Hall–Kier alpha value is -0.240. The quantitative estimate of drug-likeness (QED) is 0.341. The molecular weight excluding hydrogens is 420 g/mol. The normalized spacial score (nSPS) is 49.3. The van der Waals surface area contributed by atoms with Crippen molar-refractivity contribution in [1.82, 2.24) is 0 Å². The van der Waals surface area contributed by atoms with Crippen LogP contribution in [-0.4, -0.2) is 68.3 Å². The molecule has 0 radical (unpaired) electrons. The molecule has 4 aliphatic carbocycles. The molecule has 12 atom stereocenters. The van der Waals surface area contributed by atoms with Gasteiger partial charge in [0.2, 0.25) is 0 Å². The van der Waals surface area contributed by atoms with Gasteiger partial charge in [-0.15, -0.1) is 0 Å². The van der Waals surface area contributed by atoms with Crippen LogP contribution < -0.4 is 0 Å². The van der Waals surface area contributed by atoms with Crippen LogP contribution in [-0.2, 0) is 0 Å². The average molecular weight is 469 g/mol. The zero-order valence-electron chi connectivity index (χ0n) is 20.8. The van der Waals surface area contributed by atoms with Gasteiger partial charge in [-0.3, -0.25) is 0 Å². The second kappa shape index (κ2) is 9.67. The zero-order valence-corrected chi connectivity index (χ0v) is 20.8. The Morgan fingerprint density at radius 1 is 0.879 bits per heavy atom. The SMILES string of the molecule is C[C@H](CC[C@@H](O)C(CO)CO)[C@H]1CC[C@H]2[C@@H]3C(O)CC4CC(O)CC[C@]4(C)[C@H]3CC(O)[C@]12C. The Labute approximate surface area is 199 Å². The molecule has 4 saturated carbocycles. The lowest BCUT2D eigenvalue weighted by Gasteiger charge is -2.63. The fourth-order valence-electron chi connectivity index (χ4n) is 9.30. The summed E-state index contributed by atoms with van der Waals surface area (Å²) in [4.78, 5) is 0. The third kappa shape index (κ3) is 4.21. The van der Waals surface area contributed by atoms with Crippen molar-refractivity contribution in [1.29, 1.82) is 0 Å². The molecule has 6 nitrogen and oxygen atoms in total. The van der Waals surface area contributed by atoms with Crippen molar-refractivity contribution in [3.05, 3.63) is 0 Å². The highest BCUT2D eigenvalue weighted by Crippen LogP contribution is 2.68. The Morgan fingerprint density at radius 3 is 2.24 bits per heavy atom. The van der Waals surface area contributed by atoms with Gasteiger partial charge in [-0.25, -0.2) is 0 Å². The first-order valence-corrected chi connectivity index (χ1v) is 13.5. The number of aliphatic hydroxyl groups excluding tert-OH is 6. The second-order valence-corrected chi connectivity index (χ2v) is 12.8. The summed E-state index contributed by atoms with van der Waals surface area (Å²) in [5.41, 5.74) is -0.153. The molecule has 0 aromatic carbocycles. The van der Waals surface area contributed by atoms with E-state index in [2.05, 4.69) is 20.8 Å². The molecule has 0 aromatic rings. The van der Waals surface area contributed by atoms with Crippen molar-refractivity contribution in [2.24, 2.45) is 52.3 Å². The van der Waals surface area contributed by atoms with Gasteiger partial charge in [-0.1, -0.05) is 20.8 Å². The molecule has 4 aliphatic rings. The predicted octanol–water partition coefficient (Wildman–Crippen LogP) is 2.33. The lowest BCUT2D eigenvalue weighted by atomic mass is 9.43. The highest BCUT2D eigenvalue weighted by molar-refractivity contribution is 5.14. The summed E-state index contributed by atoms with van der Waals surface area (Å²) >= 11 is 0. The molecule has 33 heavy (non-hydrogen) atoms. The summed E-state index contributed by atoms with van der Waals surface area (Å²) < 4.78 is 0. The molecule has 6 heteroatoms. The van der Waals surface area contributed by atoms with E-state index < -0.39 is 18.1 Å². The standard InChI is InChI=1S/C27H48O6/c1-15(4-7-22(31)16(13-28)14-29)19-5-6-20-25-21(12-24(33)27(19,20)3)26(2)9-8-18(30)10-17(26)11-23(25)32/h15-25,28-33H,4-14H2,1-3H3/t15-,17?,18?,19-,20+,21+,22-,23?,24?,25+,26+,27-/m1/s1. The molecule has 0 spiro atoms. The van der Waals surface area contributed by atoms with Crippen LogP contribution in [0.4, 0.5) is 0 Å². The maximum atomic E-state index is 11.6. The fourth-order valence-corrected chi connectivity index (χ4v) is 9.30. The van der Waals surface area contributed by atoms with Crippen LogP contribution in [0.3, 0.4) is 0 Å². The second-order valence-electron chi connectivity index (χ2n) is 12.8. The monoisotopic (exact) mass is 468 g/mol. The Balaban J connectivity index is 1.51. The van der Waals surface area contributed by atoms with Crippen LogP contribution in [0.25, 0.3) is 0 Å². The van der Waals surface area contributed by atoms with Gasteiger partial charge >= 0.3 is 0 Å². The summed E-state index contributed by atoms with van der Waals surface area (Å²) in [5, 5.41) is 62.4. The predicted molar refractivity (Wildman–Crippen MR) is 126 cm³/mol. The van der Waals surface area contributed by atoms with Crippen LogP contribution in [0.5, 0.6) is 0 Å². The minimum Gasteiger partial charge on any atom is -0.396 e. The van der Waals surface area contributed by atoms with Crippen molar-refractivity contribution in [2.75, 3.05) is 13.2 Å². The van der Waals surface area contributed by atoms with Gasteiger partial charge in [0, 0.05) is 5.92 Å². The molecule has 0 aromatic heterocycles. The van der Waals surface area contributed by atoms with Crippen molar-refractivity contribution in [2.45, 2.75) is 103 Å². The van der Waals surface area contributed by atoms with E-state index in [0.717, 1.165) is 51.4 Å². The van der Waals surface area contributed by atoms with Crippen LogP contribution in [0.2, 0.25) is 0 Å². The number of aliphatic hydroxyl groups is 6. The highest BCUT2D eigenvalue weighted by Gasteiger charge is 2.65. The number of hydrogen-bond acceptors (Lipinski definition) is 6. The molecule has 0 bridgehead atoms. The lowest BCUT2D eigenvalue weighted by molar-refractivity contribution is -0.207. The lowest BCUT2D eigenvalue weighted by Crippen LogP contribution is -2.62. The van der Waals surface area contributed by atoms with Crippen molar-refractivity contribution in [3.8, 4) is 0 Å². The van der Waals surface area contributed by atoms with Crippen molar-refractivity contribution >= 4 is 0 Å². The molecule has 6 N–H and O–H groups in total. The van der Waals surface area contributed by atoms with Gasteiger partial charge in [0.1, 0.15) is 0 Å². The van der Waals surface area contributed by atoms with E-state index in [1.807, 2.05) is 0 Å². The third-order valence-electron chi connectivity index (χ3n) is 11.5. The molecule has 4 unspecified atom stereocenters. The van der Waals surface area contributed by atoms with Gasteiger partial charge in [0.05, 0.1) is 37.6 Å². The summed E-state index contributed by atoms with van der Waals surface area (Å²) in [6, 6.07) is 0. The average Bonchev–Trinajstić information content (AvgIpc) is 3.13. The van der Waals surface area contributed by atoms with Crippen molar-refractivity contribution < 1.29 is 30.6 Å². The van der Waals surface area contributed by atoms with E-state index in [0.29, 0.717) is 36.0 Å². The van der Waals surface area contributed by atoms with E-state index in [4.69, 9.17) is 0 Å². The Morgan fingerprint density at radius 2 is 1.58 bits per heavy atom. The molecule has 0 heterocycles. The molecule has 4 rings (SSSR count). The number of hydrogen-bond donors (Lipinski definition) is 6. The minimum atomic E-state index is -0.716. The number of fused-ring (bicyclic) bond motifs is 5. The van der Waals surface area contributed by atoms with E-state index in [-0.39, 0.29) is 42.2 Å². The maximum absolute atomic E-state index is 11.6. The highest BCUT2D eigenvalue weighted by atomic mass is 16.3. The molecule has 0 saturated heterocycles. The molecule has 4 fully saturated rings.